The highest BCUT2D eigenvalue weighted by Crippen LogP contribution is 2.16. The monoisotopic (exact) mass is 203 g/mol. The van der Waals surface area contributed by atoms with Crippen LogP contribution in [0.3, 0.4) is 0 Å². The first kappa shape index (κ1) is 10.4. The molecule has 0 radical (unpaired) electrons. The Morgan fingerprint density at radius 2 is 2.00 bits per heavy atom. The Bertz CT molecular complexity index is 313. The summed E-state index contributed by atoms with van der Waals surface area (Å²) in [4.78, 5) is 12.1. The van der Waals surface area contributed by atoms with Gasteiger partial charge in [-0.05, 0) is 19.4 Å². The number of rotatable bonds is 2. The summed E-state index contributed by atoms with van der Waals surface area (Å²) in [6, 6.07) is 9.62. The SMILES string of the molecule is O=C(c1ccccc1)C1CCCCNC1. The van der Waals surface area contributed by atoms with Crippen molar-refractivity contribution in [2.24, 2.45) is 5.92 Å². The van der Waals surface area contributed by atoms with Crippen molar-refractivity contribution in [1.29, 1.82) is 0 Å². The van der Waals surface area contributed by atoms with Crippen LogP contribution < -0.4 is 5.32 Å². The normalized spacial score (nSPS) is 22.0. The highest BCUT2D eigenvalue weighted by molar-refractivity contribution is 5.97. The van der Waals surface area contributed by atoms with Crippen LogP contribution in [0.2, 0.25) is 0 Å². The fourth-order valence-electron chi connectivity index (χ4n) is 2.08. The van der Waals surface area contributed by atoms with E-state index in [9.17, 15) is 4.79 Å². The number of hydrogen-bond donors (Lipinski definition) is 1. The molecule has 1 N–H and O–H groups in total. The maximum absolute atomic E-state index is 12.1. The molecule has 1 unspecified atom stereocenters. The lowest BCUT2D eigenvalue weighted by Gasteiger charge is -2.12. The quantitative estimate of drug-likeness (QED) is 0.747. The summed E-state index contributed by atoms with van der Waals surface area (Å²) in [5.41, 5.74) is 0.853. The molecule has 0 bridgehead atoms. The zero-order chi connectivity index (χ0) is 10.5. The molecule has 0 amide bonds. The second kappa shape index (κ2) is 5.08. The van der Waals surface area contributed by atoms with Crippen LogP contribution in [0.25, 0.3) is 0 Å². The van der Waals surface area contributed by atoms with E-state index in [1.165, 1.54) is 6.42 Å². The summed E-state index contributed by atoms with van der Waals surface area (Å²) >= 11 is 0. The summed E-state index contributed by atoms with van der Waals surface area (Å²) in [7, 11) is 0. The summed E-state index contributed by atoms with van der Waals surface area (Å²) in [5, 5.41) is 3.33. The van der Waals surface area contributed by atoms with E-state index in [-0.39, 0.29) is 5.92 Å². The second-order valence-electron chi connectivity index (χ2n) is 4.13. The number of Topliss-reactive ketones (excluding diaryl/α,β-unsaturated/α-hetero) is 1. The number of carbonyl (C=O) groups is 1. The van der Waals surface area contributed by atoms with Crippen LogP contribution in [0.4, 0.5) is 0 Å². The van der Waals surface area contributed by atoms with Gasteiger partial charge in [0.25, 0.3) is 0 Å². The Labute approximate surface area is 90.7 Å². The smallest absolute Gasteiger partial charge is 0.167 e. The number of benzene rings is 1. The largest absolute Gasteiger partial charge is 0.316 e. The standard InChI is InChI=1S/C13H17NO/c15-13(11-6-2-1-3-7-11)12-8-4-5-9-14-10-12/h1-3,6-7,12,14H,4-5,8-10H2. The molecule has 15 heavy (non-hydrogen) atoms. The van der Waals surface area contributed by atoms with Gasteiger partial charge in [-0.1, -0.05) is 36.8 Å². The Balaban J connectivity index is 2.06. The third-order valence-corrected chi connectivity index (χ3v) is 2.98. The molecule has 0 saturated carbocycles. The molecule has 2 rings (SSSR count). The molecule has 2 nitrogen and oxygen atoms in total. The molecule has 1 aromatic rings. The lowest BCUT2D eigenvalue weighted by atomic mass is 9.94. The third-order valence-electron chi connectivity index (χ3n) is 2.98. The molecule has 1 fully saturated rings. The van der Waals surface area contributed by atoms with E-state index in [2.05, 4.69) is 5.32 Å². The first-order chi connectivity index (χ1) is 7.38. The van der Waals surface area contributed by atoms with E-state index in [4.69, 9.17) is 0 Å². The zero-order valence-electron chi connectivity index (χ0n) is 8.91. The van der Waals surface area contributed by atoms with E-state index in [0.29, 0.717) is 5.78 Å². The highest BCUT2D eigenvalue weighted by atomic mass is 16.1. The molecular formula is C13H17NO. The minimum Gasteiger partial charge on any atom is -0.316 e. The molecule has 1 atom stereocenters. The van der Waals surface area contributed by atoms with Crippen molar-refractivity contribution in [3.05, 3.63) is 35.9 Å². The van der Waals surface area contributed by atoms with E-state index in [1.807, 2.05) is 30.3 Å². The summed E-state index contributed by atoms with van der Waals surface area (Å²) in [6.07, 6.45) is 3.38. The van der Waals surface area contributed by atoms with Crippen molar-refractivity contribution >= 4 is 5.78 Å². The molecule has 1 aromatic carbocycles. The van der Waals surface area contributed by atoms with Gasteiger partial charge in [-0.15, -0.1) is 0 Å². The Hall–Kier alpha value is -1.15. The van der Waals surface area contributed by atoms with E-state index in [0.717, 1.165) is 31.5 Å². The van der Waals surface area contributed by atoms with Crippen molar-refractivity contribution < 1.29 is 4.79 Å². The van der Waals surface area contributed by atoms with E-state index < -0.39 is 0 Å². The fraction of sp³-hybridized carbons (Fsp3) is 0.462. The molecule has 1 saturated heterocycles. The predicted octanol–water partition coefficient (Wildman–Crippen LogP) is 2.26. The average Bonchev–Trinajstić information content (AvgIpc) is 2.58. The van der Waals surface area contributed by atoms with Crippen LogP contribution in [-0.4, -0.2) is 18.9 Å². The number of hydrogen-bond acceptors (Lipinski definition) is 2. The van der Waals surface area contributed by atoms with Gasteiger partial charge >= 0.3 is 0 Å². The van der Waals surface area contributed by atoms with Crippen LogP contribution in [0.5, 0.6) is 0 Å². The third kappa shape index (κ3) is 2.66. The van der Waals surface area contributed by atoms with Gasteiger partial charge in [0.1, 0.15) is 0 Å². The molecule has 2 heteroatoms. The molecule has 0 aromatic heterocycles. The van der Waals surface area contributed by atoms with Gasteiger partial charge in [0, 0.05) is 18.0 Å². The van der Waals surface area contributed by atoms with Gasteiger partial charge in [-0.3, -0.25) is 4.79 Å². The first-order valence-corrected chi connectivity index (χ1v) is 5.68. The summed E-state index contributed by atoms with van der Waals surface area (Å²) < 4.78 is 0. The highest BCUT2D eigenvalue weighted by Gasteiger charge is 2.20. The van der Waals surface area contributed by atoms with Crippen LogP contribution >= 0.6 is 0 Å². The average molecular weight is 203 g/mol. The molecule has 1 aliphatic heterocycles. The van der Waals surface area contributed by atoms with Gasteiger partial charge in [-0.25, -0.2) is 0 Å². The fourth-order valence-corrected chi connectivity index (χ4v) is 2.08. The maximum atomic E-state index is 12.1. The van der Waals surface area contributed by atoms with Crippen molar-refractivity contribution in [3.8, 4) is 0 Å². The van der Waals surface area contributed by atoms with Gasteiger partial charge in [0.05, 0.1) is 0 Å². The molecular weight excluding hydrogens is 186 g/mol. The van der Waals surface area contributed by atoms with Crippen LogP contribution in [-0.2, 0) is 0 Å². The van der Waals surface area contributed by atoms with Crippen molar-refractivity contribution in [1.82, 2.24) is 5.32 Å². The first-order valence-electron chi connectivity index (χ1n) is 5.68. The lowest BCUT2D eigenvalue weighted by Crippen LogP contribution is -2.26. The number of ketones is 1. The summed E-state index contributed by atoms with van der Waals surface area (Å²) in [6.45, 7) is 1.90. The lowest BCUT2D eigenvalue weighted by molar-refractivity contribution is 0.0915. The van der Waals surface area contributed by atoms with E-state index >= 15 is 0 Å². The topological polar surface area (TPSA) is 29.1 Å². The second-order valence-corrected chi connectivity index (χ2v) is 4.13. The number of nitrogens with one attached hydrogen (secondary N) is 1. The molecule has 80 valence electrons. The molecule has 1 aliphatic rings. The molecule has 1 heterocycles. The minimum atomic E-state index is 0.176. The molecule has 0 aliphatic carbocycles. The van der Waals surface area contributed by atoms with Crippen molar-refractivity contribution in [2.75, 3.05) is 13.1 Å². The van der Waals surface area contributed by atoms with Crippen molar-refractivity contribution in [2.45, 2.75) is 19.3 Å². The maximum Gasteiger partial charge on any atom is 0.167 e. The number of carbonyl (C=O) groups excluding carboxylic acids is 1. The van der Waals surface area contributed by atoms with Gasteiger partial charge < -0.3 is 5.32 Å². The predicted molar refractivity (Wildman–Crippen MR) is 61.0 cm³/mol. The zero-order valence-corrected chi connectivity index (χ0v) is 8.91. The van der Waals surface area contributed by atoms with Crippen molar-refractivity contribution in [3.63, 3.8) is 0 Å². The van der Waals surface area contributed by atoms with Crippen LogP contribution in [0, 0.1) is 5.92 Å². The molecule has 0 spiro atoms. The van der Waals surface area contributed by atoms with Gasteiger partial charge in [0.15, 0.2) is 5.78 Å². The van der Waals surface area contributed by atoms with E-state index in [1.54, 1.807) is 0 Å². The summed E-state index contributed by atoms with van der Waals surface area (Å²) in [5.74, 6) is 0.472. The Morgan fingerprint density at radius 1 is 1.20 bits per heavy atom. The Morgan fingerprint density at radius 3 is 2.80 bits per heavy atom. The van der Waals surface area contributed by atoms with Crippen LogP contribution in [0.15, 0.2) is 30.3 Å². The van der Waals surface area contributed by atoms with Gasteiger partial charge in [-0.2, -0.15) is 0 Å². The van der Waals surface area contributed by atoms with Gasteiger partial charge in [0.2, 0.25) is 0 Å². The van der Waals surface area contributed by atoms with Crippen LogP contribution in [0.1, 0.15) is 29.6 Å². The Kier molecular flexibility index (Phi) is 3.51. The minimum absolute atomic E-state index is 0.176.